The van der Waals surface area contributed by atoms with Crippen LogP contribution in [-0.4, -0.2) is 18.2 Å². The highest BCUT2D eigenvalue weighted by Crippen LogP contribution is 2.48. The molecule has 0 heterocycles. The van der Waals surface area contributed by atoms with Gasteiger partial charge < -0.3 is 10.6 Å². The second-order valence-corrected chi connectivity index (χ2v) is 8.31. The summed E-state index contributed by atoms with van der Waals surface area (Å²) in [7, 11) is 0. The molecule has 1 aromatic rings. The molecule has 0 amide bonds. The number of fused-ring (bicyclic) bond motifs is 2. The van der Waals surface area contributed by atoms with E-state index in [1.807, 2.05) is 0 Å². The van der Waals surface area contributed by atoms with Gasteiger partial charge in [0.2, 0.25) is 0 Å². The van der Waals surface area contributed by atoms with Crippen LogP contribution in [0.15, 0.2) is 24.3 Å². The van der Waals surface area contributed by atoms with Crippen LogP contribution >= 0.6 is 0 Å². The van der Waals surface area contributed by atoms with E-state index < -0.39 is 5.09 Å². The number of rotatable bonds is 9. The van der Waals surface area contributed by atoms with Gasteiger partial charge in [-0.25, -0.2) is 0 Å². The summed E-state index contributed by atoms with van der Waals surface area (Å²) >= 11 is 0. The number of aryl methyl sites for hydroxylation is 1. The van der Waals surface area contributed by atoms with Crippen molar-refractivity contribution in [1.29, 1.82) is 0 Å². The first-order chi connectivity index (χ1) is 12.6. The molecule has 2 unspecified atom stereocenters. The predicted octanol–water partition coefficient (Wildman–Crippen LogP) is 4.48. The molecule has 0 radical (unpaired) electrons. The lowest BCUT2D eigenvalue weighted by atomic mass is 9.63. The maximum absolute atomic E-state index is 10.2. The van der Waals surface area contributed by atoms with E-state index in [-0.39, 0.29) is 6.61 Å². The third kappa shape index (κ3) is 5.44. The molecule has 2 bridgehead atoms. The Labute approximate surface area is 156 Å². The van der Waals surface area contributed by atoms with Crippen LogP contribution in [0.3, 0.4) is 0 Å². The lowest BCUT2D eigenvalue weighted by molar-refractivity contribution is -0.757. The summed E-state index contributed by atoms with van der Waals surface area (Å²) in [6.07, 6.45) is 10.7. The van der Waals surface area contributed by atoms with Gasteiger partial charge in [-0.3, -0.25) is 0 Å². The van der Waals surface area contributed by atoms with Crippen LogP contribution in [-0.2, 0) is 11.3 Å². The van der Waals surface area contributed by atoms with Gasteiger partial charge in [-0.2, -0.15) is 0 Å². The fourth-order valence-electron chi connectivity index (χ4n) is 5.31. The highest BCUT2D eigenvalue weighted by molar-refractivity contribution is 5.27. The molecular formula is C21H32N2O3. The van der Waals surface area contributed by atoms with Crippen molar-refractivity contribution in [3.63, 3.8) is 0 Å². The van der Waals surface area contributed by atoms with Gasteiger partial charge in [0, 0.05) is 0 Å². The van der Waals surface area contributed by atoms with Gasteiger partial charge in [-0.05, 0) is 99.1 Å². The van der Waals surface area contributed by atoms with E-state index >= 15 is 0 Å². The van der Waals surface area contributed by atoms with Crippen LogP contribution in [0.25, 0.3) is 0 Å². The summed E-state index contributed by atoms with van der Waals surface area (Å²) in [6, 6.07) is 9.03. The number of hydrogen-bond acceptors (Lipinski definition) is 4. The van der Waals surface area contributed by atoms with Crippen LogP contribution < -0.4 is 5.73 Å². The molecule has 0 aliphatic heterocycles. The van der Waals surface area contributed by atoms with E-state index in [2.05, 4.69) is 29.1 Å². The first-order valence-corrected chi connectivity index (χ1v) is 10.2. The minimum atomic E-state index is -0.710. The zero-order valence-corrected chi connectivity index (χ0v) is 15.6. The fourth-order valence-corrected chi connectivity index (χ4v) is 5.31. The lowest BCUT2D eigenvalue weighted by Gasteiger charge is -2.43. The predicted molar refractivity (Wildman–Crippen MR) is 102 cm³/mol. The van der Waals surface area contributed by atoms with Crippen molar-refractivity contribution < 1.29 is 9.92 Å². The molecule has 2 aliphatic rings. The largest absolute Gasteiger partial charge is 0.330 e. The Morgan fingerprint density at radius 3 is 2.58 bits per heavy atom. The van der Waals surface area contributed by atoms with Crippen LogP contribution in [0, 0.1) is 27.9 Å². The van der Waals surface area contributed by atoms with E-state index in [4.69, 9.17) is 5.73 Å². The highest BCUT2D eigenvalue weighted by atomic mass is 16.9. The molecule has 26 heavy (non-hydrogen) atoms. The van der Waals surface area contributed by atoms with Crippen molar-refractivity contribution in [3.8, 4) is 0 Å². The molecule has 1 aromatic carbocycles. The molecule has 5 nitrogen and oxygen atoms in total. The normalized spacial score (nSPS) is 27.9. The Morgan fingerprint density at radius 2 is 1.88 bits per heavy atom. The Balaban J connectivity index is 1.51. The average Bonchev–Trinajstić information content (AvgIpc) is 2.61. The van der Waals surface area contributed by atoms with E-state index in [0.29, 0.717) is 5.92 Å². The van der Waals surface area contributed by atoms with Gasteiger partial charge in [-0.1, -0.05) is 24.3 Å². The number of nitrogens with zero attached hydrogens (tertiary/aromatic N) is 1. The minimum Gasteiger partial charge on any atom is -0.330 e. The van der Waals surface area contributed by atoms with Crippen molar-refractivity contribution in [2.45, 2.75) is 63.7 Å². The van der Waals surface area contributed by atoms with Crippen molar-refractivity contribution in [3.05, 3.63) is 45.5 Å². The van der Waals surface area contributed by atoms with Gasteiger partial charge in [0.05, 0.1) is 6.61 Å². The first kappa shape index (κ1) is 19.2. The molecule has 2 aliphatic carbocycles. The van der Waals surface area contributed by atoms with Crippen LogP contribution in [0.4, 0.5) is 0 Å². The summed E-state index contributed by atoms with van der Waals surface area (Å²) < 4.78 is 0. The Kier molecular flexibility index (Phi) is 6.89. The second-order valence-electron chi connectivity index (χ2n) is 8.31. The number of benzene rings is 1. The summed E-state index contributed by atoms with van der Waals surface area (Å²) in [5.74, 6) is 3.33. The molecule has 144 valence electrons. The maximum Gasteiger partial charge on any atom is 0.294 e. The van der Waals surface area contributed by atoms with E-state index in [1.54, 1.807) is 0 Å². The second kappa shape index (κ2) is 9.36. The van der Waals surface area contributed by atoms with Crippen LogP contribution in [0.2, 0.25) is 0 Å². The highest BCUT2D eigenvalue weighted by Gasteiger charge is 2.36. The van der Waals surface area contributed by atoms with Crippen LogP contribution in [0.5, 0.6) is 0 Å². The van der Waals surface area contributed by atoms with Gasteiger partial charge in [0.15, 0.2) is 0 Å². The number of unbranched alkanes of at least 4 members (excludes halogenated alkanes) is 1. The monoisotopic (exact) mass is 360 g/mol. The van der Waals surface area contributed by atoms with Gasteiger partial charge in [0.1, 0.15) is 0 Å². The molecule has 2 fully saturated rings. The lowest BCUT2D eigenvalue weighted by Crippen LogP contribution is -2.31. The first-order valence-electron chi connectivity index (χ1n) is 10.2. The number of nitrogens with two attached hydrogens (primary N) is 1. The molecule has 0 spiro atoms. The SMILES string of the molecule is NCCC1CC2CC(C1)CC(c1cccc(CCCCO[N+](=O)[O-])c1)C2. The van der Waals surface area contributed by atoms with Gasteiger partial charge >= 0.3 is 0 Å². The molecule has 2 atom stereocenters. The number of hydrogen-bond donors (Lipinski definition) is 1. The van der Waals surface area contributed by atoms with E-state index in [9.17, 15) is 10.1 Å². The average molecular weight is 360 g/mol. The third-order valence-electron chi connectivity index (χ3n) is 6.29. The molecule has 2 N–H and O–H groups in total. The molecule has 0 saturated heterocycles. The Hall–Kier alpha value is -1.62. The molecule has 2 saturated carbocycles. The third-order valence-corrected chi connectivity index (χ3v) is 6.29. The zero-order chi connectivity index (χ0) is 18.4. The van der Waals surface area contributed by atoms with E-state index in [1.165, 1.54) is 49.7 Å². The van der Waals surface area contributed by atoms with Crippen LogP contribution in [0.1, 0.15) is 68.4 Å². The summed E-state index contributed by atoms with van der Waals surface area (Å²) in [6.45, 7) is 1.03. The van der Waals surface area contributed by atoms with Crippen molar-refractivity contribution in [1.82, 2.24) is 0 Å². The topological polar surface area (TPSA) is 78.4 Å². The molecule has 3 rings (SSSR count). The summed E-state index contributed by atoms with van der Waals surface area (Å²) in [5.41, 5.74) is 8.62. The van der Waals surface area contributed by atoms with Gasteiger partial charge in [0.25, 0.3) is 5.09 Å². The fraction of sp³-hybridized carbons (Fsp3) is 0.714. The molecule has 0 aromatic heterocycles. The molecule has 5 heteroatoms. The molecular weight excluding hydrogens is 328 g/mol. The van der Waals surface area contributed by atoms with Crippen molar-refractivity contribution in [2.75, 3.05) is 13.2 Å². The van der Waals surface area contributed by atoms with Gasteiger partial charge in [-0.15, -0.1) is 10.1 Å². The Bertz CT molecular complexity index is 578. The quantitative estimate of drug-likeness (QED) is 0.400. The zero-order valence-electron chi connectivity index (χ0n) is 15.6. The minimum absolute atomic E-state index is 0.197. The Morgan fingerprint density at radius 1 is 1.12 bits per heavy atom. The maximum atomic E-state index is 10.2. The van der Waals surface area contributed by atoms with E-state index in [0.717, 1.165) is 43.6 Å². The van der Waals surface area contributed by atoms with Crippen molar-refractivity contribution >= 4 is 0 Å². The standard InChI is InChI=1S/C21H32N2O3/c22-8-7-17-10-18-12-19(11-17)15-21(14-18)20-6-3-5-16(13-20)4-1-2-9-26-23(24)25/h3,5-6,13,17-19,21H,1-2,4,7-12,14-15,22H2. The summed E-state index contributed by atoms with van der Waals surface area (Å²) in [4.78, 5) is 14.5. The smallest absolute Gasteiger partial charge is 0.294 e. The summed E-state index contributed by atoms with van der Waals surface area (Å²) in [5, 5.41) is 9.46. The van der Waals surface area contributed by atoms with Crippen molar-refractivity contribution in [2.24, 2.45) is 23.5 Å².